The number of rotatable bonds is 31. The molecular formula is C89H80O23. The first-order chi connectivity index (χ1) is 54.9. The van der Waals surface area contributed by atoms with E-state index in [4.69, 9.17) is 75.8 Å². The molecule has 0 radical (unpaired) electrons. The number of carbonyl (C=O) groups is 7. The molecule has 13 rings (SSSR count). The second-order valence-electron chi connectivity index (χ2n) is 26.2. The van der Waals surface area contributed by atoms with Crippen LogP contribution in [0.15, 0.2) is 303 Å². The smallest absolute Gasteiger partial charge is 0.338 e. The lowest BCUT2D eigenvalue weighted by Gasteiger charge is -2.50. The lowest BCUT2D eigenvalue weighted by Crippen LogP contribution is -2.67. The van der Waals surface area contributed by atoms with Crippen molar-refractivity contribution in [3.05, 3.63) is 359 Å². The molecule has 0 spiro atoms. The molecule has 3 aliphatic rings. The third-order valence-electron chi connectivity index (χ3n) is 18.6. The summed E-state index contributed by atoms with van der Waals surface area (Å²) in [6.45, 7) is -2.30. The number of esters is 7. The second-order valence-corrected chi connectivity index (χ2v) is 26.2. The highest BCUT2D eigenvalue weighted by Gasteiger charge is 2.58. The van der Waals surface area contributed by atoms with Gasteiger partial charge in [0.15, 0.2) is 49.4 Å². The Hall–Kier alpha value is -11.9. The Labute approximate surface area is 645 Å². The SMILES string of the molecule is CO[C@H]1O[C@H](COC(=O)c2ccccc2)[C@@H](O[C@H]2O[C@H](CO[C@@H]3O[C@H](COC(=O)c4ccccc4)[C@@H](OC(=O)c4ccccc4)[C@H](OC(=O)c4ccccc4)[C@H]3OC(=O)c3ccccc3)[C@@H](OCc3ccccc3)[C@H](OCc3ccccc3)[C@H]2OCc2ccccc2)[C@H](OC(=O)c2ccccc2)[C@H]1OC(=O)c1ccccc1. The van der Waals surface area contributed by atoms with Crippen LogP contribution in [0.5, 0.6) is 0 Å². The van der Waals surface area contributed by atoms with Crippen LogP contribution in [0.2, 0.25) is 0 Å². The van der Waals surface area contributed by atoms with Gasteiger partial charge in [-0.2, -0.15) is 0 Å². The van der Waals surface area contributed by atoms with Crippen LogP contribution in [-0.4, -0.2) is 161 Å². The van der Waals surface area contributed by atoms with E-state index in [2.05, 4.69) is 0 Å². The van der Waals surface area contributed by atoms with Gasteiger partial charge in [0.2, 0.25) is 0 Å². The molecule has 0 bridgehead atoms. The van der Waals surface area contributed by atoms with Crippen LogP contribution >= 0.6 is 0 Å². The number of hydrogen-bond acceptors (Lipinski definition) is 23. The van der Waals surface area contributed by atoms with Crippen LogP contribution in [0.1, 0.15) is 89.2 Å². The van der Waals surface area contributed by atoms with E-state index in [9.17, 15) is 33.6 Å². The van der Waals surface area contributed by atoms with Gasteiger partial charge in [0.05, 0.1) is 65.4 Å². The molecule has 3 heterocycles. The van der Waals surface area contributed by atoms with Gasteiger partial charge in [0.25, 0.3) is 0 Å². The van der Waals surface area contributed by atoms with Crippen molar-refractivity contribution in [2.24, 2.45) is 0 Å². The van der Waals surface area contributed by atoms with Crippen LogP contribution in [0, 0.1) is 0 Å². The number of methoxy groups -OCH3 is 1. The Morgan fingerprint density at radius 1 is 0.241 bits per heavy atom. The van der Waals surface area contributed by atoms with Gasteiger partial charge < -0.3 is 75.8 Å². The van der Waals surface area contributed by atoms with Gasteiger partial charge in [-0.25, -0.2) is 33.6 Å². The van der Waals surface area contributed by atoms with Gasteiger partial charge in [-0.15, -0.1) is 0 Å². The van der Waals surface area contributed by atoms with E-state index in [0.29, 0.717) is 16.7 Å². The van der Waals surface area contributed by atoms with Crippen molar-refractivity contribution in [3.63, 3.8) is 0 Å². The maximum atomic E-state index is 14.9. The van der Waals surface area contributed by atoms with E-state index in [1.165, 1.54) is 79.9 Å². The molecule has 23 nitrogen and oxygen atoms in total. The van der Waals surface area contributed by atoms with E-state index in [0.717, 1.165) is 0 Å². The summed E-state index contributed by atoms with van der Waals surface area (Å²) in [5, 5.41) is 0. The molecule has 3 fully saturated rings. The van der Waals surface area contributed by atoms with E-state index in [1.54, 1.807) is 140 Å². The second kappa shape index (κ2) is 39.2. The minimum absolute atomic E-state index is 0.0394. The summed E-state index contributed by atoms with van der Waals surface area (Å²) in [7, 11) is 1.29. The number of hydrogen-bond donors (Lipinski definition) is 0. The number of benzene rings is 10. The summed E-state index contributed by atoms with van der Waals surface area (Å²) in [6.07, 6.45) is -24.5. The Kier molecular flexibility index (Phi) is 27.4. The van der Waals surface area contributed by atoms with E-state index < -0.39 is 154 Å². The van der Waals surface area contributed by atoms with Crippen molar-refractivity contribution in [1.29, 1.82) is 0 Å². The van der Waals surface area contributed by atoms with Crippen LogP contribution in [0.3, 0.4) is 0 Å². The highest BCUT2D eigenvalue weighted by molar-refractivity contribution is 5.93. The molecule has 15 atom stereocenters. The predicted molar refractivity (Wildman–Crippen MR) is 401 cm³/mol. The summed E-state index contributed by atoms with van der Waals surface area (Å²) < 4.78 is 107. The average Bonchev–Trinajstić information content (AvgIpc) is 0.891. The summed E-state index contributed by atoms with van der Waals surface area (Å²) in [5.74, 6) is -6.22. The topological polar surface area (TPSA) is 267 Å². The highest BCUT2D eigenvalue weighted by atomic mass is 16.8. The first-order valence-electron chi connectivity index (χ1n) is 36.4. The molecule has 0 unspecified atom stereocenters. The summed E-state index contributed by atoms with van der Waals surface area (Å²) in [4.78, 5) is 102. The Balaban J connectivity index is 0.956. The number of ether oxygens (including phenoxy) is 16. The van der Waals surface area contributed by atoms with Gasteiger partial charge in [-0.3, -0.25) is 0 Å². The first-order valence-corrected chi connectivity index (χ1v) is 36.4. The molecule has 0 aromatic heterocycles. The molecule has 0 aliphatic carbocycles. The Bertz CT molecular complexity index is 4640. The van der Waals surface area contributed by atoms with Crippen LogP contribution in [0.25, 0.3) is 0 Å². The summed E-state index contributed by atoms with van der Waals surface area (Å²) in [6, 6.07) is 83.8. The Morgan fingerprint density at radius 2 is 0.500 bits per heavy atom. The molecular weight excluding hydrogens is 1440 g/mol. The van der Waals surface area contributed by atoms with Crippen LogP contribution < -0.4 is 0 Å². The van der Waals surface area contributed by atoms with Crippen molar-refractivity contribution in [3.8, 4) is 0 Å². The molecule has 574 valence electrons. The normalized spacial score (nSPS) is 23.3. The van der Waals surface area contributed by atoms with Crippen LogP contribution in [-0.2, 0) is 95.6 Å². The first kappa shape index (κ1) is 78.3. The Morgan fingerprint density at radius 3 is 0.857 bits per heavy atom. The summed E-state index contributed by atoms with van der Waals surface area (Å²) >= 11 is 0. The average molecular weight is 1520 g/mol. The third kappa shape index (κ3) is 20.6. The van der Waals surface area contributed by atoms with E-state index in [-0.39, 0.29) is 58.8 Å². The van der Waals surface area contributed by atoms with Crippen molar-refractivity contribution < 1.29 is 109 Å². The summed E-state index contributed by atoms with van der Waals surface area (Å²) in [5.41, 5.74) is 2.77. The lowest BCUT2D eigenvalue weighted by atomic mass is 9.95. The fraction of sp³-hybridized carbons (Fsp3) is 0.247. The third-order valence-corrected chi connectivity index (χ3v) is 18.6. The van der Waals surface area contributed by atoms with Gasteiger partial charge >= 0.3 is 41.8 Å². The maximum absolute atomic E-state index is 14.9. The zero-order valence-corrected chi connectivity index (χ0v) is 60.7. The number of carbonyl (C=O) groups excluding carboxylic acids is 7. The molecule has 0 N–H and O–H groups in total. The monoisotopic (exact) mass is 1520 g/mol. The maximum Gasteiger partial charge on any atom is 0.338 e. The predicted octanol–water partition coefficient (Wildman–Crippen LogP) is 12.8. The highest BCUT2D eigenvalue weighted by Crippen LogP contribution is 2.39. The van der Waals surface area contributed by atoms with Crippen LogP contribution in [0.4, 0.5) is 0 Å². The van der Waals surface area contributed by atoms with E-state index in [1.807, 2.05) is 91.0 Å². The van der Waals surface area contributed by atoms with Gasteiger partial charge in [0.1, 0.15) is 55.9 Å². The quantitative estimate of drug-likeness (QED) is 0.0288. The molecule has 23 heteroatoms. The molecule has 3 aliphatic heterocycles. The lowest BCUT2D eigenvalue weighted by molar-refractivity contribution is -0.373. The van der Waals surface area contributed by atoms with Crippen molar-refractivity contribution in [1.82, 2.24) is 0 Å². The minimum atomic E-state index is -1.90. The van der Waals surface area contributed by atoms with Gasteiger partial charge in [-0.1, -0.05) is 218 Å². The molecule has 3 saturated heterocycles. The molecule has 10 aromatic rings. The molecule has 112 heavy (non-hydrogen) atoms. The molecule has 10 aromatic carbocycles. The zero-order chi connectivity index (χ0) is 77.4. The minimum Gasteiger partial charge on any atom is -0.459 e. The zero-order valence-electron chi connectivity index (χ0n) is 60.7. The standard InChI is InChI=1S/C89H80O23/c1-97-87-78(110-85(95)66-48-28-10-29-49-66)76(109-84(94)65-46-26-9-27-47-65)73(70(104-87)56-102-81(91)62-40-20-6-21-41-62)112-89-77(100-54-60-36-16-4-17-37-60)74(99-53-59-34-14-3-15-35-59)71(98-52-58-32-12-2-13-33-58)68(106-89)57-103-88-79(111-86(96)67-50-30-11-31-51-67)75(108-83(93)64-44-24-8-25-45-64)72(107-82(92)63-42-22-7-23-43-63)69(105-88)55-101-80(90)61-38-18-5-19-39-61/h2-51,68-79,87-89H,52-57H2,1H3/t68-,69-,70-,71-,72-,73-,74+,75+,76+,77-,78-,79-,87+,88-,89-/m1/s1. The van der Waals surface area contributed by atoms with Gasteiger partial charge in [-0.05, 0) is 102 Å². The fourth-order valence-corrected chi connectivity index (χ4v) is 13.0. The largest absolute Gasteiger partial charge is 0.459 e. The van der Waals surface area contributed by atoms with Crippen molar-refractivity contribution >= 4 is 41.8 Å². The fourth-order valence-electron chi connectivity index (χ4n) is 13.0. The van der Waals surface area contributed by atoms with Crippen molar-refractivity contribution in [2.75, 3.05) is 26.9 Å². The van der Waals surface area contributed by atoms with Crippen molar-refractivity contribution in [2.45, 2.75) is 112 Å². The van der Waals surface area contributed by atoms with E-state index >= 15 is 0 Å². The molecule has 0 saturated carbocycles. The molecule has 0 amide bonds. The van der Waals surface area contributed by atoms with Gasteiger partial charge in [0, 0.05) is 7.11 Å².